The summed E-state index contributed by atoms with van der Waals surface area (Å²) in [7, 11) is 1.63. The van der Waals surface area contributed by atoms with Crippen LogP contribution < -0.4 is 9.47 Å². The Morgan fingerprint density at radius 1 is 1.18 bits per heavy atom. The third-order valence-electron chi connectivity index (χ3n) is 4.17. The minimum Gasteiger partial charge on any atom is -0.496 e. The van der Waals surface area contributed by atoms with Crippen molar-refractivity contribution >= 4 is 27.8 Å². The first-order valence-corrected chi connectivity index (χ1v) is 9.70. The molecule has 1 heterocycles. The van der Waals surface area contributed by atoms with E-state index in [2.05, 4.69) is 21.0 Å². The Bertz CT molecular complexity index is 995. The molecule has 5 nitrogen and oxygen atoms in total. The van der Waals surface area contributed by atoms with E-state index in [1.165, 1.54) is 6.08 Å². The van der Waals surface area contributed by atoms with E-state index in [1.807, 2.05) is 49.4 Å². The van der Waals surface area contributed by atoms with Gasteiger partial charge in [0.15, 0.2) is 0 Å². The lowest BCUT2D eigenvalue weighted by Crippen LogP contribution is -2.01. The zero-order valence-electron chi connectivity index (χ0n) is 15.8. The number of carbonyl (C=O) groups is 1. The van der Waals surface area contributed by atoms with E-state index in [0.29, 0.717) is 12.3 Å². The number of benzene rings is 2. The van der Waals surface area contributed by atoms with Crippen LogP contribution in [0.25, 0.3) is 6.08 Å². The zero-order chi connectivity index (χ0) is 19.9. The highest BCUT2D eigenvalue weighted by molar-refractivity contribution is 9.10. The van der Waals surface area contributed by atoms with Gasteiger partial charge in [-0.15, -0.1) is 0 Å². The van der Waals surface area contributed by atoms with E-state index in [1.54, 1.807) is 30.1 Å². The second-order valence-corrected chi connectivity index (χ2v) is 6.90. The Balaban J connectivity index is 1.74. The highest BCUT2D eigenvalue weighted by Crippen LogP contribution is 2.27. The maximum Gasteiger partial charge on any atom is 0.206 e. The van der Waals surface area contributed by atoms with Crippen LogP contribution in [0.15, 0.2) is 65.3 Å². The minimum atomic E-state index is -0.131. The number of para-hydroxylation sites is 1. The molecule has 28 heavy (non-hydrogen) atoms. The molecule has 0 aliphatic rings. The number of ether oxygens (including phenoxy) is 2. The van der Waals surface area contributed by atoms with E-state index in [-0.39, 0.29) is 5.78 Å². The average Bonchev–Trinajstić information content (AvgIpc) is 3.21. The van der Waals surface area contributed by atoms with E-state index >= 15 is 0 Å². The fourth-order valence-electron chi connectivity index (χ4n) is 2.66. The number of carbonyl (C=O) groups excluding carboxylic acids is 1. The number of hydrogen-bond acceptors (Lipinski definition) is 4. The number of aryl methyl sites for hydroxylation is 1. The van der Waals surface area contributed by atoms with Gasteiger partial charge in [-0.25, -0.2) is 0 Å². The van der Waals surface area contributed by atoms with E-state index in [4.69, 9.17) is 9.47 Å². The lowest BCUT2D eigenvalue weighted by atomic mass is 10.1. The summed E-state index contributed by atoms with van der Waals surface area (Å²) in [4.78, 5) is 12.3. The normalized spacial score (nSPS) is 11.0. The Morgan fingerprint density at radius 3 is 2.71 bits per heavy atom. The molecule has 0 spiro atoms. The molecule has 0 amide bonds. The molecule has 0 radical (unpaired) electrons. The summed E-state index contributed by atoms with van der Waals surface area (Å²) in [6, 6.07) is 15.1. The Hall–Kier alpha value is -2.86. The fourth-order valence-corrected chi connectivity index (χ4v) is 3.06. The fraction of sp³-hybridized carbons (Fsp3) is 0.182. The molecule has 0 aliphatic carbocycles. The molecule has 0 N–H and O–H groups in total. The van der Waals surface area contributed by atoms with Crippen LogP contribution in [-0.4, -0.2) is 22.7 Å². The molecule has 0 saturated carbocycles. The van der Waals surface area contributed by atoms with E-state index < -0.39 is 0 Å². The van der Waals surface area contributed by atoms with Crippen LogP contribution in [0.3, 0.4) is 0 Å². The van der Waals surface area contributed by atoms with Crippen molar-refractivity contribution in [2.45, 2.75) is 20.1 Å². The number of nitrogens with zero attached hydrogens (tertiary/aromatic N) is 2. The molecule has 6 heteroatoms. The van der Waals surface area contributed by atoms with E-state index in [9.17, 15) is 4.79 Å². The number of hydrogen-bond donors (Lipinski definition) is 0. The molecule has 3 rings (SSSR count). The molecule has 2 aromatic carbocycles. The van der Waals surface area contributed by atoms with Gasteiger partial charge in [-0.3, -0.25) is 9.48 Å². The van der Waals surface area contributed by atoms with Crippen molar-refractivity contribution in [1.82, 2.24) is 9.78 Å². The predicted molar refractivity (Wildman–Crippen MR) is 113 cm³/mol. The number of allylic oxidation sites excluding steroid dienone is 1. The largest absolute Gasteiger partial charge is 0.496 e. The third-order valence-corrected chi connectivity index (χ3v) is 4.82. The van der Waals surface area contributed by atoms with Crippen molar-refractivity contribution in [2.75, 3.05) is 7.11 Å². The predicted octanol–water partition coefficient (Wildman–Crippen LogP) is 5.15. The van der Waals surface area contributed by atoms with Crippen LogP contribution in [0, 0.1) is 0 Å². The van der Waals surface area contributed by atoms with Crippen molar-refractivity contribution in [3.63, 3.8) is 0 Å². The number of rotatable bonds is 8. The van der Waals surface area contributed by atoms with Gasteiger partial charge in [-0.1, -0.05) is 24.3 Å². The molecular formula is C22H21BrN2O3. The first kappa shape index (κ1) is 19.9. The lowest BCUT2D eigenvalue weighted by Gasteiger charge is -2.12. The maximum atomic E-state index is 12.3. The summed E-state index contributed by atoms with van der Waals surface area (Å²) >= 11 is 3.48. The summed E-state index contributed by atoms with van der Waals surface area (Å²) in [6.07, 6.45) is 5.10. The molecule has 144 valence electrons. The number of methoxy groups -OCH3 is 1. The number of halogens is 1. The summed E-state index contributed by atoms with van der Waals surface area (Å²) < 4.78 is 14.0. The minimum absolute atomic E-state index is 0.131. The van der Waals surface area contributed by atoms with Crippen molar-refractivity contribution in [3.05, 3.63) is 82.1 Å². The van der Waals surface area contributed by atoms with Gasteiger partial charge in [0.25, 0.3) is 0 Å². The van der Waals surface area contributed by atoms with Gasteiger partial charge in [0.2, 0.25) is 5.78 Å². The molecule has 0 fully saturated rings. The summed E-state index contributed by atoms with van der Waals surface area (Å²) in [5, 5.41) is 4.23. The van der Waals surface area contributed by atoms with Gasteiger partial charge in [0.1, 0.15) is 23.8 Å². The van der Waals surface area contributed by atoms with Crippen molar-refractivity contribution < 1.29 is 14.3 Å². The van der Waals surface area contributed by atoms with Gasteiger partial charge < -0.3 is 9.47 Å². The standard InChI is InChI=1S/C22H21BrN2O3/c1-3-25-13-12-19(24-25)20(26)10-8-16-9-11-21(27-2)17(14-16)15-28-22-7-5-4-6-18(22)23/h4-14H,3,15H2,1-2H3/b10-8+. The molecule has 0 bridgehead atoms. The van der Waals surface area contributed by atoms with Crippen LogP contribution in [0.2, 0.25) is 0 Å². The number of aromatic nitrogens is 2. The monoisotopic (exact) mass is 440 g/mol. The van der Waals surface area contributed by atoms with Gasteiger partial charge >= 0.3 is 0 Å². The summed E-state index contributed by atoms with van der Waals surface area (Å²) in [5.41, 5.74) is 2.21. The second-order valence-electron chi connectivity index (χ2n) is 6.04. The SMILES string of the molecule is CCn1ccc(C(=O)/C=C/c2ccc(OC)c(COc3ccccc3Br)c2)n1. The molecule has 0 aliphatic heterocycles. The summed E-state index contributed by atoms with van der Waals surface area (Å²) in [6.45, 7) is 3.06. The Morgan fingerprint density at radius 2 is 2.00 bits per heavy atom. The average molecular weight is 441 g/mol. The third kappa shape index (κ3) is 4.89. The van der Waals surface area contributed by atoms with Crippen molar-refractivity contribution in [2.24, 2.45) is 0 Å². The maximum absolute atomic E-state index is 12.3. The van der Waals surface area contributed by atoms with Crippen molar-refractivity contribution in [1.29, 1.82) is 0 Å². The smallest absolute Gasteiger partial charge is 0.206 e. The van der Waals surface area contributed by atoms with Crippen LogP contribution in [-0.2, 0) is 13.2 Å². The first-order chi connectivity index (χ1) is 13.6. The molecule has 0 atom stereocenters. The van der Waals surface area contributed by atoms with Gasteiger partial charge in [0.05, 0.1) is 11.6 Å². The first-order valence-electron chi connectivity index (χ1n) is 8.91. The highest BCUT2D eigenvalue weighted by Gasteiger charge is 2.08. The van der Waals surface area contributed by atoms with Gasteiger partial charge in [-0.05, 0) is 64.8 Å². The molecule has 3 aromatic rings. The van der Waals surface area contributed by atoms with Crippen LogP contribution in [0.5, 0.6) is 11.5 Å². The summed E-state index contributed by atoms with van der Waals surface area (Å²) in [5.74, 6) is 1.36. The highest BCUT2D eigenvalue weighted by atomic mass is 79.9. The van der Waals surface area contributed by atoms with E-state index in [0.717, 1.165) is 33.6 Å². The van der Waals surface area contributed by atoms with Crippen molar-refractivity contribution in [3.8, 4) is 11.5 Å². The molecule has 0 unspecified atom stereocenters. The van der Waals surface area contributed by atoms with Crippen LogP contribution >= 0.6 is 15.9 Å². The quantitative estimate of drug-likeness (QED) is 0.359. The molecular weight excluding hydrogens is 420 g/mol. The van der Waals surface area contributed by atoms with Gasteiger partial charge in [-0.2, -0.15) is 5.10 Å². The topological polar surface area (TPSA) is 53.4 Å². The second kappa shape index (κ2) is 9.37. The number of ketones is 1. The van der Waals surface area contributed by atoms with Crippen LogP contribution in [0.1, 0.15) is 28.5 Å². The molecule has 1 aromatic heterocycles. The zero-order valence-corrected chi connectivity index (χ0v) is 17.3. The Kier molecular flexibility index (Phi) is 6.66. The molecule has 0 saturated heterocycles. The van der Waals surface area contributed by atoms with Gasteiger partial charge in [0, 0.05) is 18.3 Å². The lowest BCUT2D eigenvalue weighted by molar-refractivity contribution is 0.104. The Labute approximate surface area is 172 Å². The van der Waals surface area contributed by atoms with Crippen LogP contribution in [0.4, 0.5) is 0 Å².